The second-order valence-electron chi connectivity index (χ2n) is 7.62. The zero-order valence-corrected chi connectivity index (χ0v) is 18.8. The number of anilines is 2. The molecule has 1 fully saturated rings. The molecular weight excluding hydrogens is 463 g/mol. The average Bonchev–Trinajstić information content (AvgIpc) is 3.06. The predicted octanol–water partition coefficient (Wildman–Crippen LogP) is 3.52. The summed E-state index contributed by atoms with van der Waals surface area (Å²) in [6.07, 6.45) is 0.194. The molecule has 33 heavy (non-hydrogen) atoms. The molecule has 0 spiro atoms. The van der Waals surface area contributed by atoms with E-state index in [1.807, 2.05) is 4.72 Å². The standard InChI is InChI=1S/C20H24F3N5O4S/c1-13-5-6-15(20(21,22)23)10-16(13)25-19-26-17(12-32-19)18(29)27-33(30,31)28-8-3-4-14(7-9-28)11-24-2/h5-6,10-12,14H,3-4,7-9H2,1-2H3,(H,25,26)(H,27,29)/b24-11-. The Morgan fingerprint density at radius 2 is 2.06 bits per heavy atom. The summed E-state index contributed by atoms with van der Waals surface area (Å²) in [5.74, 6) is -0.835. The first-order valence-corrected chi connectivity index (χ1v) is 11.6. The van der Waals surface area contributed by atoms with Crippen LogP contribution in [0.15, 0.2) is 33.9 Å². The van der Waals surface area contributed by atoms with Crippen molar-refractivity contribution in [3.8, 4) is 0 Å². The Morgan fingerprint density at radius 1 is 1.30 bits per heavy atom. The van der Waals surface area contributed by atoms with Crippen LogP contribution in [0, 0.1) is 12.8 Å². The normalized spacial score (nSPS) is 18.3. The van der Waals surface area contributed by atoms with Crippen LogP contribution in [0.25, 0.3) is 0 Å². The first-order chi connectivity index (χ1) is 15.5. The van der Waals surface area contributed by atoms with E-state index >= 15 is 0 Å². The Bertz CT molecular complexity index is 1130. The Hall–Kier alpha value is -2.93. The lowest BCUT2D eigenvalue weighted by Gasteiger charge is -2.19. The summed E-state index contributed by atoms with van der Waals surface area (Å²) in [5.41, 5.74) is -0.629. The van der Waals surface area contributed by atoms with E-state index < -0.39 is 27.9 Å². The maximum Gasteiger partial charge on any atom is 0.416 e. The van der Waals surface area contributed by atoms with Crippen LogP contribution in [0.3, 0.4) is 0 Å². The molecule has 1 amide bonds. The number of alkyl halides is 3. The minimum Gasteiger partial charge on any atom is -0.431 e. The molecule has 1 aliphatic rings. The summed E-state index contributed by atoms with van der Waals surface area (Å²) in [7, 11) is -2.45. The Kier molecular flexibility index (Phi) is 7.42. The van der Waals surface area contributed by atoms with Gasteiger partial charge in [-0.05, 0) is 49.8 Å². The number of nitrogens with one attached hydrogen (secondary N) is 2. The van der Waals surface area contributed by atoms with E-state index in [1.165, 1.54) is 10.4 Å². The monoisotopic (exact) mass is 487 g/mol. The number of aryl methyl sites for hydroxylation is 1. The van der Waals surface area contributed by atoms with Gasteiger partial charge in [0.15, 0.2) is 5.69 Å². The molecule has 1 aromatic heterocycles. The Labute approximate surface area is 189 Å². The van der Waals surface area contributed by atoms with Gasteiger partial charge in [0, 0.05) is 32.0 Å². The van der Waals surface area contributed by atoms with Crippen molar-refractivity contribution in [1.82, 2.24) is 14.0 Å². The molecule has 2 aromatic rings. The van der Waals surface area contributed by atoms with Crippen molar-refractivity contribution in [1.29, 1.82) is 0 Å². The van der Waals surface area contributed by atoms with Crippen molar-refractivity contribution >= 4 is 34.0 Å². The van der Waals surface area contributed by atoms with Crippen molar-refractivity contribution < 1.29 is 30.8 Å². The topological polar surface area (TPSA) is 117 Å². The van der Waals surface area contributed by atoms with E-state index in [-0.39, 0.29) is 36.4 Å². The number of carbonyl (C=O) groups excluding carboxylic acids is 1. The quantitative estimate of drug-likeness (QED) is 0.602. The van der Waals surface area contributed by atoms with Crippen molar-refractivity contribution in [2.45, 2.75) is 32.4 Å². The molecule has 1 unspecified atom stereocenters. The summed E-state index contributed by atoms with van der Waals surface area (Å²) in [6, 6.07) is 2.86. The second kappa shape index (κ2) is 9.91. The van der Waals surface area contributed by atoms with Crippen molar-refractivity contribution in [2.24, 2.45) is 10.9 Å². The maximum atomic E-state index is 13.0. The summed E-state index contributed by atoms with van der Waals surface area (Å²) in [6.45, 7) is 2.08. The van der Waals surface area contributed by atoms with Gasteiger partial charge >= 0.3 is 16.4 Å². The van der Waals surface area contributed by atoms with Gasteiger partial charge in [0.2, 0.25) is 0 Å². The lowest BCUT2D eigenvalue weighted by molar-refractivity contribution is -0.137. The number of hydrogen-bond acceptors (Lipinski definition) is 7. The minimum atomic E-state index is -4.53. The second-order valence-corrected chi connectivity index (χ2v) is 9.29. The molecule has 1 atom stereocenters. The minimum absolute atomic E-state index is 0.0843. The fourth-order valence-corrected chi connectivity index (χ4v) is 4.60. The van der Waals surface area contributed by atoms with Gasteiger partial charge in [0.25, 0.3) is 11.9 Å². The lowest BCUT2D eigenvalue weighted by Crippen LogP contribution is -2.44. The van der Waals surface area contributed by atoms with Crippen LogP contribution in [-0.4, -0.2) is 50.0 Å². The van der Waals surface area contributed by atoms with Crippen LogP contribution in [0.1, 0.15) is 40.9 Å². The van der Waals surface area contributed by atoms with Gasteiger partial charge in [-0.1, -0.05) is 6.07 Å². The number of hydrogen-bond donors (Lipinski definition) is 2. The number of benzene rings is 1. The molecule has 13 heteroatoms. The van der Waals surface area contributed by atoms with Crippen molar-refractivity contribution in [2.75, 3.05) is 25.5 Å². The molecule has 0 bridgehead atoms. The van der Waals surface area contributed by atoms with Crippen LogP contribution >= 0.6 is 0 Å². The van der Waals surface area contributed by atoms with Gasteiger partial charge in [0.1, 0.15) is 6.26 Å². The van der Waals surface area contributed by atoms with E-state index in [0.717, 1.165) is 24.8 Å². The largest absolute Gasteiger partial charge is 0.431 e. The van der Waals surface area contributed by atoms with Gasteiger partial charge in [-0.3, -0.25) is 4.79 Å². The fraction of sp³-hybridized carbons (Fsp3) is 0.450. The number of aliphatic imine (C=N–C) groups is 1. The van der Waals surface area contributed by atoms with E-state index in [4.69, 9.17) is 4.42 Å². The molecule has 0 aliphatic carbocycles. The highest BCUT2D eigenvalue weighted by atomic mass is 32.2. The summed E-state index contributed by atoms with van der Waals surface area (Å²) in [4.78, 5) is 20.3. The number of amides is 1. The summed E-state index contributed by atoms with van der Waals surface area (Å²) < 4.78 is 72.4. The van der Waals surface area contributed by atoms with Crippen LogP contribution in [-0.2, 0) is 16.4 Å². The number of rotatable bonds is 6. The fourth-order valence-electron chi connectivity index (χ4n) is 3.41. The SMILES string of the molecule is C/N=C\C1CCCN(S(=O)(=O)NC(=O)c2coc(Nc3cc(C(F)(F)F)ccc3C)n2)CC1. The zero-order valence-electron chi connectivity index (χ0n) is 18.0. The molecule has 0 radical (unpaired) electrons. The van der Waals surface area contributed by atoms with Gasteiger partial charge < -0.3 is 14.7 Å². The van der Waals surface area contributed by atoms with Gasteiger partial charge in [-0.2, -0.15) is 30.9 Å². The lowest BCUT2D eigenvalue weighted by atomic mass is 10.0. The summed E-state index contributed by atoms with van der Waals surface area (Å²) >= 11 is 0. The van der Waals surface area contributed by atoms with Crippen LogP contribution < -0.4 is 10.0 Å². The van der Waals surface area contributed by atoms with Crippen LogP contribution in [0.5, 0.6) is 0 Å². The third kappa shape index (κ3) is 6.32. The number of nitrogens with zero attached hydrogens (tertiary/aromatic N) is 3. The van der Waals surface area contributed by atoms with E-state index in [1.54, 1.807) is 20.2 Å². The van der Waals surface area contributed by atoms with Crippen molar-refractivity contribution in [3.63, 3.8) is 0 Å². The molecule has 9 nitrogen and oxygen atoms in total. The highest BCUT2D eigenvalue weighted by Crippen LogP contribution is 2.33. The number of aromatic nitrogens is 1. The van der Waals surface area contributed by atoms with E-state index in [9.17, 15) is 26.4 Å². The number of halogens is 3. The van der Waals surface area contributed by atoms with Gasteiger partial charge in [0.05, 0.1) is 5.56 Å². The zero-order chi connectivity index (χ0) is 24.2. The van der Waals surface area contributed by atoms with Gasteiger partial charge in [-0.15, -0.1) is 0 Å². The Morgan fingerprint density at radius 3 is 2.76 bits per heavy atom. The smallest absolute Gasteiger partial charge is 0.416 e. The molecule has 1 saturated heterocycles. The molecule has 0 saturated carbocycles. The highest BCUT2D eigenvalue weighted by molar-refractivity contribution is 7.87. The Balaban J connectivity index is 1.68. The highest BCUT2D eigenvalue weighted by Gasteiger charge is 2.31. The molecule has 3 rings (SSSR count). The molecular formula is C20H24F3N5O4S. The summed E-state index contributed by atoms with van der Waals surface area (Å²) in [5, 5.41) is 2.58. The number of carbonyl (C=O) groups is 1. The molecule has 180 valence electrons. The molecule has 2 N–H and O–H groups in total. The molecule has 1 aliphatic heterocycles. The number of oxazole rings is 1. The predicted molar refractivity (Wildman–Crippen MR) is 116 cm³/mol. The van der Waals surface area contributed by atoms with Crippen LogP contribution in [0.2, 0.25) is 0 Å². The average molecular weight is 488 g/mol. The first kappa shape index (κ1) is 24.7. The van der Waals surface area contributed by atoms with Crippen LogP contribution in [0.4, 0.5) is 24.9 Å². The van der Waals surface area contributed by atoms with E-state index in [0.29, 0.717) is 18.4 Å². The third-order valence-corrected chi connectivity index (χ3v) is 6.68. The van der Waals surface area contributed by atoms with Gasteiger partial charge in [-0.25, -0.2) is 4.72 Å². The van der Waals surface area contributed by atoms with E-state index in [2.05, 4.69) is 15.3 Å². The maximum absolute atomic E-state index is 13.0. The van der Waals surface area contributed by atoms with Crippen molar-refractivity contribution in [3.05, 3.63) is 41.3 Å². The molecule has 2 heterocycles. The molecule has 1 aromatic carbocycles. The first-order valence-electron chi connectivity index (χ1n) is 10.1. The third-order valence-electron chi connectivity index (χ3n) is 5.20.